The van der Waals surface area contributed by atoms with Gasteiger partial charge in [0.2, 0.25) is 5.91 Å². The van der Waals surface area contributed by atoms with Gasteiger partial charge in [0.05, 0.1) is 12.6 Å². The second-order valence-corrected chi connectivity index (χ2v) is 9.59. The second-order valence-electron chi connectivity index (χ2n) is 9.59. The molecule has 1 aliphatic rings. The topological polar surface area (TPSA) is 65.5 Å². The van der Waals surface area contributed by atoms with Crippen molar-refractivity contribution in [2.75, 3.05) is 32.7 Å². The van der Waals surface area contributed by atoms with E-state index in [1.165, 1.54) is 12.1 Å². The summed E-state index contributed by atoms with van der Waals surface area (Å²) in [6, 6.07) is 9.61. The zero-order valence-corrected chi connectivity index (χ0v) is 19.2. The van der Waals surface area contributed by atoms with E-state index in [1.807, 2.05) is 4.90 Å². The van der Waals surface area contributed by atoms with Crippen molar-refractivity contribution in [2.45, 2.75) is 39.7 Å². The lowest BCUT2D eigenvalue weighted by atomic mass is 9.85. The summed E-state index contributed by atoms with van der Waals surface area (Å²) in [5.74, 6) is -0.345. The average Bonchev–Trinajstić information content (AvgIpc) is 2.98. The van der Waals surface area contributed by atoms with E-state index in [4.69, 9.17) is 0 Å². The molecule has 1 aromatic carbocycles. The molecule has 1 unspecified atom stereocenters. The Morgan fingerprint density at radius 1 is 1.03 bits per heavy atom. The van der Waals surface area contributed by atoms with Crippen molar-refractivity contribution in [1.82, 2.24) is 20.1 Å². The largest absolute Gasteiger partial charge is 0.348 e. The quantitative estimate of drug-likeness (QED) is 0.745. The maximum absolute atomic E-state index is 13.4. The van der Waals surface area contributed by atoms with Crippen LogP contribution in [0.5, 0.6) is 0 Å². The van der Waals surface area contributed by atoms with Crippen molar-refractivity contribution in [3.8, 4) is 0 Å². The van der Waals surface area contributed by atoms with E-state index in [-0.39, 0.29) is 35.6 Å². The molecule has 172 valence electrons. The molecule has 6 nitrogen and oxygen atoms in total. The predicted molar refractivity (Wildman–Crippen MR) is 123 cm³/mol. The molecule has 32 heavy (non-hydrogen) atoms. The van der Waals surface area contributed by atoms with Crippen LogP contribution in [-0.4, -0.2) is 59.3 Å². The van der Waals surface area contributed by atoms with E-state index in [1.54, 1.807) is 36.7 Å². The lowest BCUT2D eigenvalue weighted by Crippen LogP contribution is -2.41. The number of benzene rings is 1. The molecule has 1 aromatic heterocycles. The molecule has 2 heterocycles. The fourth-order valence-electron chi connectivity index (χ4n) is 4.01. The van der Waals surface area contributed by atoms with Crippen LogP contribution in [0, 0.1) is 11.2 Å². The first kappa shape index (κ1) is 23.9. The zero-order valence-electron chi connectivity index (χ0n) is 19.2. The number of rotatable bonds is 6. The molecule has 0 radical (unpaired) electrons. The van der Waals surface area contributed by atoms with Gasteiger partial charge in [-0.05, 0) is 48.1 Å². The average molecular weight is 441 g/mol. The normalized spacial score (nSPS) is 16.3. The van der Waals surface area contributed by atoms with Crippen LogP contribution in [0.3, 0.4) is 0 Å². The fraction of sp³-hybridized carbons (Fsp3) is 0.480. The molecule has 0 saturated carbocycles. The van der Waals surface area contributed by atoms with Crippen molar-refractivity contribution in [1.29, 1.82) is 0 Å². The number of hydrogen-bond donors (Lipinski definition) is 1. The van der Waals surface area contributed by atoms with Gasteiger partial charge >= 0.3 is 0 Å². The number of hydrogen-bond acceptors (Lipinski definition) is 4. The van der Waals surface area contributed by atoms with Gasteiger partial charge in [0, 0.05) is 44.1 Å². The summed E-state index contributed by atoms with van der Waals surface area (Å²) in [7, 11) is 0. The smallest absolute Gasteiger partial charge is 0.254 e. The third kappa shape index (κ3) is 7.12. The number of pyridine rings is 1. The highest BCUT2D eigenvalue weighted by Gasteiger charge is 2.25. The van der Waals surface area contributed by atoms with Crippen LogP contribution in [0.15, 0.2) is 48.8 Å². The Kier molecular flexibility index (Phi) is 7.96. The number of carbonyl (C=O) groups is 2. The Hall–Kier alpha value is -2.80. The van der Waals surface area contributed by atoms with Gasteiger partial charge in [-0.15, -0.1) is 0 Å². The summed E-state index contributed by atoms with van der Waals surface area (Å²) in [5, 5.41) is 3.15. The van der Waals surface area contributed by atoms with Gasteiger partial charge in [0.15, 0.2) is 0 Å². The van der Waals surface area contributed by atoms with Crippen molar-refractivity contribution < 1.29 is 14.0 Å². The highest BCUT2D eigenvalue weighted by molar-refractivity contribution is 5.94. The number of aromatic nitrogens is 1. The maximum atomic E-state index is 13.4. The molecule has 2 amide bonds. The molecule has 1 atom stereocenters. The Morgan fingerprint density at radius 2 is 1.72 bits per heavy atom. The van der Waals surface area contributed by atoms with Gasteiger partial charge in [0.1, 0.15) is 5.82 Å². The Bertz CT molecular complexity index is 896. The minimum atomic E-state index is -0.287. The van der Waals surface area contributed by atoms with E-state index < -0.39 is 0 Å². The van der Waals surface area contributed by atoms with Gasteiger partial charge in [0.25, 0.3) is 5.91 Å². The lowest BCUT2D eigenvalue weighted by molar-refractivity contribution is -0.123. The number of nitrogens with one attached hydrogen (secondary N) is 1. The standard InChI is InChI=1S/C25H33FN4O2/c1-25(2,3)17-22(19-5-7-21(26)8-6-19)28-23(31)18-29-13-4-14-30(16-15-29)24(32)20-9-11-27-12-10-20/h5-12,22H,4,13-18H2,1-3H3,(H,28,31). The number of amides is 2. The molecule has 0 spiro atoms. The molecule has 0 bridgehead atoms. The van der Waals surface area contributed by atoms with Crippen LogP contribution in [0.4, 0.5) is 4.39 Å². The fourth-order valence-corrected chi connectivity index (χ4v) is 4.01. The molecule has 0 aliphatic carbocycles. The molecule has 2 aromatic rings. The Morgan fingerprint density at radius 3 is 2.38 bits per heavy atom. The first-order valence-electron chi connectivity index (χ1n) is 11.2. The van der Waals surface area contributed by atoms with Crippen molar-refractivity contribution in [2.24, 2.45) is 5.41 Å². The molecule has 7 heteroatoms. The summed E-state index contributed by atoms with van der Waals surface area (Å²) < 4.78 is 13.4. The third-order valence-corrected chi connectivity index (χ3v) is 5.59. The minimum Gasteiger partial charge on any atom is -0.348 e. The molecule has 1 aliphatic heterocycles. The van der Waals surface area contributed by atoms with E-state index in [0.717, 1.165) is 24.9 Å². The molecular weight excluding hydrogens is 407 g/mol. The molecule has 1 saturated heterocycles. The predicted octanol–water partition coefficient (Wildman–Crippen LogP) is 3.66. The van der Waals surface area contributed by atoms with E-state index >= 15 is 0 Å². The van der Waals surface area contributed by atoms with E-state index in [9.17, 15) is 14.0 Å². The van der Waals surface area contributed by atoms with Crippen molar-refractivity contribution in [3.63, 3.8) is 0 Å². The minimum absolute atomic E-state index is 0.000234. The number of halogens is 1. The first-order chi connectivity index (χ1) is 15.2. The second kappa shape index (κ2) is 10.7. The van der Waals surface area contributed by atoms with Crippen LogP contribution in [0.1, 0.15) is 55.6 Å². The van der Waals surface area contributed by atoms with Gasteiger partial charge < -0.3 is 10.2 Å². The van der Waals surface area contributed by atoms with Crippen LogP contribution >= 0.6 is 0 Å². The van der Waals surface area contributed by atoms with E-state index in [0.29, 0.717) is 25.2 Å². The summed E-state index contributed by atoms with van der Waals surface area (Å²) in [5.41, 5.74) is 1.54. The molecule has 1 fully saturated rings. The highest BCUT2D eigenvalue weighted by atomic mass is 19.1. The van der Waals surface area contributed by atoms with Crippen LogP contribution in [0.2, 0.25) is 0 Å². The number of carbonyl (C=O) groups excluding carboxylic acids is 2. The zero-order chi connectivity index (χ0) is 23.1. The maximum Gasteiger partial charge on any atom is 0.254 e. The van der Waals surface area contributed by atoms with Gasteiger partial charge in [-0.3, -0.25) is 19.5 Å². The van der Waals surface area contributed by atoms with Crippen molar-refractivity contribution in [3.05, 3.63) is 65.7 Å². The monoisotopic (exact) mass is 440 g/mol. The van der Waals surface area contributed by atoms with Crippen LogP contribution in [-0.2, 0) is 4.79 Å². The SMILES string of the molecule is CC(C)(C)CC(NC(=O)CN1CCCN(C(=O)c2ccncc2)CC1)c1ccc(F)cc1. The summed E-state index contributed by atoms with van der Waals surface area (Å²) in [6.07, 6.45) is 4.81. The van der Waals surface area contributed by atoms with Gasteiger partial charge in [-0.2, -0.15) is 0 Å². The molecule has 1 N–H and O–H groups in total. The Balaban J connectivity index is 1.58. The Labute approximate surface area is 189 Å². The lowest BCUT2D eigenvalue weighted by Gasteiger charge is -2.28. The van der Waals surface area contributed by atoms with Crippen LogP contribution in [0.25, 0.3) is 0 Å². The van der Waals surface area contributed by atoms with Crippen LogP contribution < -0.4 is 5.32 Å². The third-order valence-electron chi connectivity index (χ3n) is 5.59. The van der Waals surface area contributed by atoms with E-state index in [2.05, 4.69) is 36.0 Å². The summed E-state index contributed by atoms with van der Waals surface area (Å²) in [4.78, 5) is 33.5. The van der Waals surface area contributed by atoms with Gasteiger partial charge in [-0.25, -0.2) is 4.39 Å². The number of nitrogens with zero attached hydrogens (tertiary/aromatic N) is 3. The van der Waals surface area contributed by atoms with Crippen molar-refractivity contribution >= 4 is 11.8 Å². The summed E-state index contributed by atoms with van der Waals surface area (Å²) in [6.45, 7) is 9.30. The van der Waals surface area contributed by atoms with Gasteiger partial charge in [-0.1, -0.05) is 32.9 Å². The molecule has 3 rings (SSSR count). The first-order valence-corrected chi connectivity index (χ1v) is 11.2. The highest BCUT2D eigenvalue weighted by Crippen LogP contribution is 2.29. The molecular formula is C25H33FN4O2. The summed E-state index contributed by atoms with van der Waals surface area (Å²) >= 11 is 0.